The molecule has 5 heteroatoms. The average Bonchev–Trinajstić information content (AvgIpc) is 2.47. The third-order valence-electron chi connectivity index (χ3n) is 3.11. The lowest BCUT2D eigenvalue weighted by Gasteiger charge is -2.11. The highest BCUT2D eigenvalue weighted by Crippen LogP contribution is 2.29. The van der Waals surface area contributed by atoms with Crippen LogP contribution in [-0.2, 0) is 0 Å². The Bertz CT molecular complexity index is 497. The van der Waals surface area contributed by atoms with Crippen LogP contribution in [0.25, 0.3) is 6.08 Å². The van der Waals surface area contributed by atoms with Crippen LogP contribution < -0.4 is 9.47 Å². The molecule has 0 heterocycles. The molecule has 0 radical (unpaired) electrons. The van der Waals surface area contributed by atoms with Crippen LogP contribution in [0.15, 0.2) is 23.9 Å². The fourth-order valence-electron chi connectivity index (χ4n) is 1.90. The second kappa shape index (κ2) is 9.00. The summed E-state index contributed by atoms with van der Waals surface area (Å²) in [7, 11) is 1.56. The Morgan fingerprint density at radius 2 is 2.05 bits per heavy atom. The second-order valence-electron chi connectivity index (χ2n) is 4.86. The molecule has 0 saturated carbocycles. The molecule has 0 amide bonds. The Hall–Kier alpha value is -2.04. The predicted octanol–water partition coefficient (Wildman–Crippen LogP) is 4.29. The van der Waals surface area contributed by atoms with Crippen molar-refractivity contribution in [1.82, 2.24) is 0 Å². The summed E-state index contributed by atoms with van der Waals surface area (Å²) in [4.78, 5) is 10.2. The van der Waals surface area contributed by atoms with Crippen molar-refractivity contribution < 1.29 is 14.4 Å². The molecular formula is C16H23NO4. The molecule has 0 unspecified atom stereocenters. The zero-order valence-corrected chi connectivity index (χ0v) is 12.9. The Kier molecular flexibility index (Phi) is 7.29. The molecule has 0 atom stereocenters. The van der Waals surface area contributed by atoms with E-state index >= 15 is 0 Å². The first kappa shape index (κ1) is 17.0. The van der Waals surface area contributed by atoms with Gasteiger partial charge in [-0.2, -0.15) is 0 Å². The summed E-state index contributed by atoms with van der Waals surface area (Å²) in [5.74, 6) is 1.26. The fraction of sp³-hybridized carbons (Fsp3) is 0.500. The van der Waals surface area contributed by atoms with E-state index < -0.39 is 4.92 Å². The summed E-state index contributed by atoms with van der Waals surface area (Å²) >= 11 is 0. The van der Waals surface area contributed by atoms with Gasteiger partial charge in [-0.25, -0.2) is 0 Å². The lowest BCUT2D eigenvalue weighted by Crippen LogP contribution is -2.00. The fourth-order valence-corrected chi connectivity index (χ4v) is 1.90. The Balaban J connectivity index is 2.70. The van der Waals surface area contributed by atoms with Gasteiger partial charge in [0, 0.05) is 13.0 Å². The van der Waals surface area contributed by atoms with Gasteiger partial charge in [-0.3, -0.25) is 10.1 Å². The van der Waals surface area contributed by atoms with Gasteiger partial charge in [-0.05, 0) is 24.1 Å². The van der Waals surface area contributed by atoms with Gasteiger partial charge < -0.3 is 9.47 Å². The van der Waals surface area contributed by atoms with Crippen molar-refractivity contribution >= 4 is 6.08 Å². The van der Waals surface area contributed by atoms with Gasteiger partial charge in [-0.1, -0.05) is 32.3 Å². The summed E-state index contributed by atoms with van der Waals surface area (Å²) in [5.41, 5.74) is 0.810. The van der Waals surface area contributed by atoms with Gasteiger partial charge in [0.2, 0.25) is 5.70 Å². The minimum absolute atomic E-state index is 0.0882. The summed E-state index contributed by atoms with van der Waals surface area (Å²) in [6, 6.07) is 5.32. The topological polar surface area (TPSA) is 61.6 Å². The molecule has 1 aromatic carbocycles. The van der Waals surface area contributed by atoms with Crippen molar-refractivity contribution in [3.63, 3.8) is 0 Å². The van der Waals surface area contributed by atoms with Gasteiger partial charge in [0.1, 0.15) is 0 Å². The molecule has 0 aromatic heterocycles. The number of nitro groups is 1. The van der Waals surface area contributed by atoms with Crippen molar-refractivity contribution in [1.29, 1.82) is 0 Å². The van der Waals surface area contributed by atoms with Gasteiger partial charge in [0.25, 0.3) is 0 Å². The van der Waals surface area contributed by atoms with E-state index in [1.807, 2.05) is 0 Å². The summed E-state index contributed by atoms with van der Waals surface area (Å²) < 4.78 is 11.0. The molecule has 5 nitrogen and oxygen atoms in total. The third-order valence-corrected chi connectivity index (χ3v) is 3.11. The van der Waals surface area contributed by atoms with Gasteiger partial charge in [-0.15, -0.1) is 0 Å². The zero-order valence-electron chi connectivity index (χ0n) is 12.9. The van der Waals surface area contributed by atoms with E-state index in [9.17, 15) is 10.1 Å². The molecular weight excluding hydrogens is 270 g/mol. The molecule has 0 N–H and O–H groups in total. The SMILES string of the molecule is CCCCCCOc1ccc(C=C(C)[N+](=O)[O-])cc1OC. The van der Waals surface area contributed by atoms with Crippen molar-refractivity contribution in [3.05, 3.63) is 39.6 Å². The average molecular weight is 293 g/mol. The van der Waals surface area contributed by atoms with E-state index in [1.54, 1.807) is 25.3 Å². The van der Waals surface area contributed by atoms with Crippen LogP contribution in [0.3, 0.4) is 0 Å². The number of nitrogens with zero attached hydrogens (tertiary/aromatic N) is 1. The Labute approximate surface area is 125 Å². The van der Waals surface area contributed by atoms with E-state index in [-0.39, 0.29) is 5.70 Å². The third kappa shape index (κ3) is 5.85. The van der Waals surface area contributed by atoms with Crippen LogP contribution in [0.4, 0.5) is 0 Å². The lowest BCUT2D eigenvalue weighted by atomic mass is 10.1. The highest BCUT2D eigenvalue weighted by Gasteiger charge is 2.07. The molecule has 0 saturated heterocycles. The first-order valence-corrected chi connectivity index (χ1v) is 7.22. The molecule has 0 bridgehead atoms. The van der Waals surface area contributed by atoms with E-state index in [1.165, 1.54) is 25.8 Å². The first-order chi connectivity index (χ1) is 10.1. The van der Waals surface area contributed by atoms with E-state index in [2.05, 4.69) is 6.92 Å². The smallest absolute Gasteiger partial charge is 0.243 e. The molecule has 1 rings (SSSR count). The van der Waals surface area contributed by atoms with E-state index in [4.69, 9.17) is 9.47 Å². The minimum atomic E-state index is -0.412. The molecule has 0 aliphatic carbocycles. The highest BCUT2D eigenvalue weighted by atomic mass is 16.6. The predicted molar refractivity (Wildman–Crippen MR) is 83.3 cm³/mol. The maximum Gasteiger partial charge on any atom is 0.243 e. The maximum absolute atomic E-state index is 10.6. The number of allylic oxidation sites excluding steroid dienone is 1. The number of benzene rings is 1. The Morgan fingerprint density at radius 3 is 2.67 bits per heavy atom. The van der Waals surface area contributed by atoms with Gasteiger partial charge in [0.05, 0.1) is 18.6 Å². The van der Waals surface area contributed by atoms with Crippen molar-refractivity contribution in [3.8, 4) is 11.5 Å². The largest absolute Gasteiger partial charge is 0.493 e. The van der Waals surface area contributed by atoms with E-state index in [0.717, 1.165) is 18.4 Å². The molecule has 0 spiro atoms. The molecule has 1 aromatic rings. The minimum Gasteiger partial charge on any atom is -0.493 e. The monoisotopic (exact) mass is 293 g/mol. The molecule has 116 valence electrons. The van der Waals surface area contributed by atoms with Crippen molar-refractivity contribution in [2.24, 2.45) is 0 Å². The zero-order chi connectivity index (χ0) is 15.7. The van der Waals surface area contributed by atoms with Crippen LogP contribution in [0, 0.1) is 10.1 Å². The van der Waals surface area contributed by atoms with Crippen LogP contribution in [-0.4, -0.2) is 18.6 Å². The quantitative estimate of drug-likeness (QED) is 0.387. The van der Waals surface area contributed by atoms with Crippen molar-refractivity contribution in [2.45, 2.75) is 39.5 Å². The Morgan fingerprint density at radius 1 is 1.29 bits per heavy atom. The van der Waals surface area contributed by atoms with Crippen LogP contribution in [0.5, 0.6) is 11.5 Å². The normalized spacial score (nSPS) is 11.3. The standard InChI is InChI=1S/C16H23NO4/c1-4-5-6-7-10-21-15-9-8-14(12-16(15)20-3)11-13(2)17(18)19/h8-9,11-12H,4-7,10H2,1-3H3. The lowest BCUT2D eigenvalue weighted by molar-refractivity contribution is -0.422. The van der Waals surface area contributed by atoms with E-state index in [0.29, 0.717) is 18.1 Å². The number of rotatable bonds is 9. The van der Waals surface area contributed by atoms with Gasteiger partial charge in [0.15, 0.2) is 11.5 Å². The number of hydrogen-bond acceptors (Lipinski definition) is 4. The highest BCUT2D eigenvalue weighted by molar-refractivity contribution is 5.56. The maximum atomic E-state index is 10.6. The van der Waals surface area contributed by atoms with Gasteiger partial charge >= 0.3 is 0 Å². The number of methoxy groups -OCH3 is 1. The van der Waals surface area contributed by atoms with Crippen molar-refractivity contribution in [2.75, 3.05) is 13.7 Å². The number of unbranched alkanes of at least 4 members (excludes halogenated alkanes) is 3. The summed E-state index contributed by atoms with van der Waals surface area (Å²) in [6.45, 7) is 4.28. The van der Waals surface area contributed by atoms with Crippen LogP contribution >= 0.6 is 0 Å². The molecule has 21 heavy (non-hydrogen) atoms. The van der Waals surface area contributed by atoms with Crippen LogP contribution in [0.1, 0.15) is 45.1 Å². The summed E-state index contributed by atoms with van der Waals surface area (Å²) in [5, 5.41) is 10.6. The number of ether oxygens (including phenoxy) is 2. The first-order valence-electron chi connectivity index (χ1n) is 7.22. The molecule has 0 aliphatic rings. The van der Waals surface area contributed by atoms with Crippen LogP contribution in [0.2, 0.25) is 0 Å². The number of hydrogen-bond donors (Lipinski definition) is 0. The summed E-state index contributed by atoms with van der Waals surface area (Å²) in [6.07, 6.45) is 6.08. The second-order valence-corrected chi connectivity index (χ2v) is 4.86. The molecule has 0 fully saturated rings. The molecule has 0 aliphatic heterocycles.